The Kier molecular flexibility index (Phi) is 6.87. The Bertz CT molecular complexity index is 405. The predicted molar refractivity (Wildman–Crippen MR) is 76.7 cm³/mol. The van der Waals surface area contributed by atoms with Crippen LogP contribution in [0.1, 0.15) is 32.6 Å². The van der Waals surface area contributed by atoms with Crippen LogP contribution in [0.3, 0.4) is 0 Å². The summed E-state index contributed by atoms with van der Waals surface area (Å²) in [6.07, 6.45) is 3.79. The standard InChI is InChI=1S/C12H25N3O4S/c1-2-19-7-8-20(17,18)14-9-11(16)15-12(10-13)5-3-4-6-12/h14H,2-10,13H2,1H3,(H,15,16). The number of amides is 1. The molecule has 1 fully saturated rings. The molecule has 1 amide bonds. The van der Waals surface area contributed by atoms with E-state index in [1.54, 1.807) is 6.92 Å². The Labute approximate surface area is 120 Å². The quantitative estimate of drug-likeness (QED) is 0.489. The molecule has 0 atom stereocenters. The van der Waals surface area contributed by atoms with Crippen LogP contribution in [0.2, 0.25) is 0 Å². The van der Waals surface area contributed by atoms with Crippen molar-refractivity contribution < 1.29 is 17.9 Å². The maximum Gasteiger partial charge on any atom is 0.235 e. The highest BCUT2D eigenvalue weighted by atomic mass is 32.2. The van der Waals surface area contributed by atoms with E-state index in [0.29, 0.717) is 13.2 Å². The molecule has 0 radical (unpaired) electrons. The summed E-state index contributed by atoms with van der Waals surface area (Å²) >= 11 is 0. The number of sulfonamides is 1. The van der Waals surface area contributed by atoms with Gasteiger partial charge in [-0.25, -0.2) is 13.1 Å². The second-order valence-electron chi connectivity index (χ2n) is 5.08. The van der Waals surface area contributed by atoms with Crippen LogP contribution >= 0.6 is 0 Å². The van der Waals surface area contributed by atoms with Crippen molar-refractivity contribution >= 4 is 15.9 Å². The van der Waals surface area contributed by atoms with E-state index in [0.717, 1.165) is 25.7 Å². The van der Waals surface area contributed by atoms with E-state index in [9.17, 15) is 13.2 Å². The van der Waals surface area contributed by atoms with E-state index < -0.39 is 10.0 Å². The topological polar surface area (TPSA) is 111 Å². The molecule has 7 nitrogen and oxygen atoms in total. The molecule has 8 heteroatoms. The van der Waals surface area contributed by atoms with Crippen LogP contribution in [0, 0.1) is 0 Å². The zero-order valence-electron chi connectivity index (χ0n) is 12.0. The highest BCUT2D eigenvalue weighted by Crippen LogP contribution is 2.28. The van der Waals surface area contributed by atoms with Gasteiger partial charge in [0.2, 0.25) is 15.9 Å². The minimum Gasteiger partial charge on any atom is -0.381 e. The maximum absolute atomic E-state index is 11.8. The molecule has 0 aliphatic heterocycles. The van der Waals surface area contributed by atoms with Gasteiger partial charge in [0.1, 0.15) is 0 Å². The van der Waals surface area contributed by atoms with E-state index >= 15 is 0 Å². The smallest absolute Gasteiger partial charge is 0.235 e. The molecule has 0 bridgehead atoms. The third-order valence-corrected chi connectivity index (χ3v) is 4.80. The maximum atomic E-state index is 11.8. The van der Waals surface area contributed by atoms with Gasteiger partial charge in [-0.1, -0.05) is 12.8 Å². The Morgan fingerprint density at radius 1 is 1.35 bits per heavy atom. The summed E-state index contributed by atoms with van der Waals surface area (Å²) in [6, 6.07) is 0. The minimum atomic E-state index is -3.48. The first-order valence-corrected chi connectivity index (χ1v) is 8.64. The van der Waals surface area contributed by atoms with Gasteiger partial charge in [-0.3, -0.25) is 4.79 Å². The normalized spacial score (nSPS) is 18.1. The lowest BCUT2D eigenvalue weighted by Gasteiger charge is -2.28. The average molecular weight is 307 g/mol. The number of carbonyl (C=O) groups is 1. The molecule has 1 rings (SSSR count). The SMILES string of the molecule is CCOCCS(=O)(=O)NCC(=O)NC1(CN)CCCC1. The number of nitrogens with one attached hydrogen (secondary N) is 2. The van der Waals surface area contributed by atoms with E-state index in [-0.39, 0.29) is 30.4 Å². The second kappa shape index (κ2) is 7.92. The van der Waals surface area contributed by atoms with Gasteiger partial charge < -0.3 is 15.8 Å². The molecule has 0 unspecified atom stereocenters. The fraction of sp³-hybridized carbons (Fsp3) is 0.917. The molecule has 1 aliphatic carbocycles. The molecule has 0 saturated heterocycles. The van der Waals surface area contributed by atoms with E-state index in [1.807, 2.05) is 0 Å². The molecule has 1 saturated carbocycles. The molecule has 1 aliphatic rings. The lowest BCUT2D eigenvalue weighted by Crippen LogP contribution is -2.54. The Morgan fingerprint density at radius 2 is 2.00 bits per heavy atom. The number of carbonyl (C=O) groups excluding carboxylic acids is 1. The van der Waals surface area contributed by atoms with Crippen molar-refractivity contribution in [3.05, 3.63) is 0 Å². The molecule has 0 aromatic rings. The molecule has 4 N–H and O–H groups in total. The van der Waals surface area contributed by atoms with Crippen LogP contribution in [-0.2, 0) is 19.6 Å². The van der Waals surface area contributed by atoms with Gasteiger partial charge in [-0.2, -0.15) is 0 Å². The monoisotopic (exact) mass is 307 g/mol. The van der Waals surface area contributed by atoms with Gasteiger partial charge >= 0.3 is 0 Å². The Morgan fingerprint density at radius 3 is 2.55 bits per heavy atom. The largest absolute Gasteiger partial charge is 0.381 e. The number of ether oxygens (including phenoxy) is 1. The van der Waals surface area contributed by atoms with Crippen molar-refractivity contribution in [1.82, 2.24) is 10.0 Å². The predicted octanol–water partition coefficient (Wildman–Crippen LogP) is -0.670. The number of hydrogen-bond acceptors (Lipinski definition) is 5. The van der Waals surface area contributed by atoms with Crippen molar-refractivity contribution in [2.24, 2.45) is 5.73 Å². The summed E-state index contributed by atoms with van der Waals surface area (Å²) in [5.74, 6) is -0.479. The summed E-state index contributed by atoms with van der Waals surface area (Å²) in [7, 11) is -3.48. The molecule has 0 heterocycles. The summed E-state index contributed by atoms with van der Waals surface area (Å²) in [6.45, 7) is 2.52. The molecular weight excluding hydrogens is 282 g/mol. The van der Waals surface area contributed by atoms with Crippen LogP contribution < -0.4 is 15.8 Å². The summed E-state index contributed by atoms with van der Waals surface area (Å²) in [5.41, 5.74) is 5.36. The van der Waals surface area contributed by atoms with Crippen molar-refractivity contribution in [2.75, 3.05) is 32.1 Å². The fourth-order valence-electron chi connectivity index (χ4n) is 2.33. The number of nitrogens with two attached hydrogens (primary N) is 1. The molecule has 20 heavy (non-hydrogen) atoms. The van der Waals surface area contributed by atoms with Crippen molar-refractivity contribution in [1.29, 1.82) is 0 Å². The van der Waals surface area contributed by atoms with Crippen LogP contribution in [0.25, 0.3) is 0 Å². The molecule has 0 aromatic heterocycles. The lowest BCUT2D eigenvalue weighted by molar-refractivity contribution is -0.121. The molecule has 0 aromatic carbocycles. The molecule has 0 spiro atoms. The van der Waals surface area contributed by atoms with Gasteiger partial charge in [0.25, 0.3) is 0 Å². The van der Waals surface area contributed by atoms with Crippen LogP contribution in [0.5, 0.6) is 0 Å². The zero-order chi connectivity index (χ0) is 15.1. The van der Waals surface area contributed by atoms with Gasteiger partial charge in [0.15, 0.2) is 0 Å². The van der Waals surface area contributed by atoms with Crippen molar-refractivity contribution in [2.45, 2.75) is 38.1 Å². The first kappa shape index (κ1) is 17.4. The highest BCUT2D eigenvalue weighted by molar-refractivity contribution is 7.89. The van der Waals surface area contributed by atoms with E-state index in [2.05, 4.69) is 10.0 Å². The third-order valence-electron chi connectivity index (χ3n) is 3.51. The number of rotatable bonds is 9. The van der Waals surface area contributed by atoms with Crippen molar-refractivity contribution in [3.8, 4) is 0 Å². The third kappa shape index (κ3) is 5.74. The molecule has 118 valence electrons. The van der Waals surface area contributed by atoms with Gasteiger partial charge in [0.05, 0.1) is 24.4 Å². The van der Waals surface area contributed by atoms with Crippen LogP contribution in [-0.4, -0.2) is 51.9 Å². The highest BCUT2D eigenvalue weighted by Gasteiger charge is 2.33. The fourth-order valence-corrected chi connectivity index (χ4v) is 3.17. The second-order valence-corrected chi connectivity index (χ2v) is 7.00. The van der Waals surface area contributed by atoms with Gasteiger partial charge in [-0.05, 0) is 19.8 Å². The van der Waals surface area contributed by atoms with Crippen LogP contribution in [0.15, 0.2) is 0 Å². The van der Waals surface area contributed by atoms with E-state index in [1.165, 1.54) is 0 Å². The van der Waals surface area contributed by atoms with Gasteiger partial charge in [0, 0.05) is 13.2 Å². The summed E-state index contributed by atoms with van der Waals surface area (Å²) in [5, 5.41) is 2.86. The first-order chi connectivity index (χ1) is 9.43. The van der Waals surface area contributed by atoms with Gasteiger partial charge in [-0.15, -0.1) is 0 Å². The zero-order valence-corrected chi connectivity index (χ0v) is 12.8. The Hall–Kier alpha value is -0.700. The van der Waals surface area contributed by atoms with E-state index in [4.69, 9.17) is 10.5 Å². The summed E-state index contributed by atoms with van der Waals surface area (Å²) in [4.78, 5) is 11.8. The average Bonchev–Trinajstić information content (AvgIpc) is 2.86. The lowest BCUT2D eigenvalue weighted by atomic mass is 9.98. The number of hydrogen-bond donors (Lipinski definition) is 3. The summed E-state index contributed by atoms with van der Waals surface area (Å²) < 4.78 is 30.5. The van der Waals surface area contributed by atoms with Crippen LogP contribution in [0.4, 0.5) is 0 Å². The Balaban J connectivity index is 2.35. The van der Waals surface area contributed by atoms with Crippen molar-refractivity contribution in [3.63, 3.8) is 0 Å². The molecular formula is C12H25N3O4S. The first-order valence-electron chi connectivity index (χ1n) is 6.99. The minimum absolute atomic E-state index is 0.125.